The molecular weight excluding hydrogens is 387 g/mol. The van der Waals surface area contributed by atoms with Gasteiger partial charge in [-0.25, -0.2) is 9.97 Å². The summed E-state index contributed by atoms with van der Waals surface area (Å²) in [4.78, 5) is 12.0. The van der Waals surface area contributed by atoms with Gasteiger partial charge in [0.1, 0.15) is 17.6 Å². The van der Waals surface area contributed by atoms with Crippen LogP contribution in [0, 0.1) is 6.92 Å². The fraction of sp³-hybridized carbons (Fsp3) is 0.444. The molecule has 0 atom stereocenters. The number of nitrogens with one attached hydrogen (secondary N) is 2. The monoisotopic (exact) mass is 407 g/mol. The first-order valence-electron chi connectivity index (χ1n) is 9.24. The van der Waals surface area contributed by atoms with Crippen molar-refractivity contribution in [3.63, 3.8) is 0 Å². The van der Waals surface area contributed by atoms with Crippen LogP contribution in [0.15, 0.2) is 29.5 Å². The molecular formula is C18H20F3N7O. The molecule has 1 aliphatic rings. The van der Waals surface area contributed by atoms with E-state index in [1.807, 2.05) is 17.8 Å². The van der Waals surface area contributed by atoms with Crippen molar-refractivity contribution in [2.75, 3.05) is 17.2 Å². The maximum Gasteiger partial charge on any atom is 0.421 e. The van der Waals surface area contributed by atoms with E-state index in [9.17, 15) is 13.2 Å². The molecule has 0 amide bonds. The Morgan fingerprint density at radius 2 is 2.07 bits per heavy atom. The fourth-order valence-corrected chi connectivity index (χ4v) is 3.33. The zero-order valence-electron chi connectivity index (χ0n) is 15.9. The highest BCUT2D eigenvalue weighted by atomic mass is 19.4. The lowest BCUT2D eigenvalue weighted by molar-refractivity contribution is -0.137. The lowest BCUT2D eigenvalue weighted by Gasteiger charge is -2.34. The second-order valence-electron chi connectivity index (χ2n) is 6.95. The number of oxazole rings is 1. The predicted molar refractivity (Wildman–Crippen MR) is 99.0 cm³/mol. The highest BCUT2D eigenvalue weighted by Gasteiger charge is 2.36. The van der Waals surface area contributed by atoms with E-state index in [-0.39, 0.29) is 17.8 Å². The van der Waals surface area contributed by atoms with Crippen LogP contribution in [0.4, 0.5) is 30.6 Å². The van der Waals surface area contributed by atoms with E-state index >= 15 is 0 Å². The number of aromatic nitrogens is 5. The molecule has 3 aromatic rings. The molecule has 0 saturated heterocycles. The standard InChI is InChI=1S/C18H20F3N7O/c1-3-22-16-13(18(19,20)21)6-23-17(26-16)25-14-7-28(27-10(14)2)12-4-11(5-12)15-8-29-9-24-15/h6-9,11-12H,3-5H2,1-2H3,(H2,22,23,25,26)/t11-,12+. The molecule has 11 heteroatoms. The van der Waals surface area contributed by atoms with E-state index in [2.05, 4.69) is 30.7 Å². The van der Waals surface area contributed by atoms with Crippen molar-refractivity contribution in [3.8, 4) is 0 Å². The van der Waals surface area contributed by atoms with Crippen LogP contribution in [0.5, 0.6) is 0 Å². The van der Waals surface area contributed by atoms with Gasteiger partial charge in [0.15, 0.2) is 6.39 Å². The summed E-state index contributed by atoms with van der Waals surface area (Å²) >= 11 is 0. The number of nitrogens with zero attached hydrogens (tertiary/aromatic N) is 5. The van der Waals surface area contributed by atoms with Gasteiger partial charge in [-0.1, -0.05) is 0 Å². The van der Waals surface area contributed by atoms with Crippen molar-refractivity contribution in [3.05, 3.63) is 42.0 Å². The fourth-order valence-electron chi connectivity index (χ4n) is 3.33. The Kier molecular flexibility index (Phi) is 4.89. The van der Waals surface area contributed by atoms with Gasteiger partial charge >= 0.3 is 6.18 Å². The van der Waals surface area contributed by atoms with Crippen LogP contribution >= 0.6 is 0 Å². The Labute approximate surface area is 164 Å². The van der Waals surface area contributed by atoms with Crippen molar-refractivity contribution in [2.45, 2.75) is 44.8 Å². The van der Waals surface area contributed by atoms with Gasteiger partial charge in [-0.2, -0.15) is 23.3 Å². The Morgan fingerprint density at radius 3 is 2.72 bits per heavy atom. The Morgan fingerprint density at radius 1 is 1.28 bits per heavy atom. The molecule has 29 heavy (non-hydrogen) atoms. The van der Waals surface area contributed by atoms with Crippen LogP contribution in [0.2, 0.25) is 0 Å². The average molecular weight is 407 g/mol. The van der Waals surface area contributed by atoms with Crippen molar-refractivity contribution in [1.29, 1.82) is 0 Å². The van der Waals surface area contributed by atoms with Gasteiger partial charge in [0.25, 0.3) is 0 Å². The van der Waals surface area contributed by atoms with Crippen LogP contribution in [0.25, 0.3) is 0 Å². The van der Waals surface area contributed by atoms with Gasteiger partial charge in [-0.05, 0) is 26.7 Å². The molecule has 0 aliphatic heterocycles. The summed E-state index contributed by atoms with van der Waals surface area (Å²) in [5.74, 6) is 0.170. The average Bonchev–Trinajstić information content (AvgIpc) is 3.24. The van der Waals surface area contributed by atoms with E-state index in [1.54, 1.807) is 13.2 Å². The van der Waals surface area contributed by atoms with E-state index in [4.69, 9.17) is 4.42 Å². The molecule has 3 aromatic heterocycles. The maximum atomic E-state index is 13.1. The van der Waals surface area contributed by atoms with Crippen LogP contribution in [-0.4, -0.2) is 31.3 Å². The van der Waals surface area contributed by atoms with Gasteiger partial charge in [0.05, 0.1) is 23.1 Å². The largest absolute Gasteiger partial charge is 0.451 e. The molecule has 0 unspecified atom stereocenters. The number of alkyl halides is 3. The molecule has 8 nitrogen and oxygen atoms in total. The number of anilines is 3. The summed E-state index contributed by atoms with van der Waals surface area (Å²) < 4.78 is 46.2. The molecule has 1 fully saturated rings. The number of hydrogen-bond donors (Lipinski definition) is 2. The molecule has 0 spiro atoms. The molecule has 4 rings (SSSR count). The highest BCUT2D eigenvalue weighted by molar-refractivity contribution is 5.58. The lowest BCUT2D eigenvalue weighted by atomic mass is 9.78. The van der Waals surface area contributed by atoms with Crippen LogP contribution in [-0.2, 0) is 6.18 Å². The lowest BCUT2D eigenvalue weighted by Crippen LogP contribution is -2.25. The molecule has 154 valence electrons. The maximum absolute atomic E-state index is 13.1. The summed E-state index contributed by atoms with van der Waals surface area (Å²) in [6.07, 6.45) is 2.96. The van der Waals surface area contributed by atoms with Gasteiger partial charge in [-0.15, -0.1) is 0 Å². The van der Waals surface area contributed by atoms with Crippen LogP contribution in [0.1, 0.15) is 48.7 Å². The van der Waals surface area contributed by atoms with E-state index in [0.717, 1.165) is 24.7 Å². The summed E-state index contributed by atoms with van der Waals surface area (Å²) in [6.45, 7) is 3.83. The number of hydrogen-bond acceptors (Lipinski definition) is 7. The quantitative estimate of drug-likeness (QED) is 0.630. The predicted octanol–water partition coefficient (Wildman–Crippen LogP) is 4.28. The molecule has 0 bridgehead atoms. The molecule has 3 heterocycles. The topological polar surface area (TPSA) is 93.7 Å². The molecule has 0 aromatic carbocycles. The summed E-state index contributed by atoms with van der Waals surface area (Å²) in [5, 5.41) is 10.1. The number of rotatable bonds is 6. The Bertz CT molecular complexity index is 978. The highest BCUT2D eigenvalue weighted by Crippen LogP contribution is 2.44. The van der Waals surface area contributed by atoms with Crippen molar-refractivity contribution < 1.29 is 17.6 Å². The first-order valence-corrected chi connectivity index (χ1v) is 9.24. The SMILES string of the molecule is CCNc1nc(Nc2cn([C@H]3C[C@@H](c4cocn4)C3)nc2C)ncc1C(F)(F)F. The Balaban J connectivity index is 1.48. The minimum atomic E-state index is -4.53. The first kappa shape index (κ1) is 19.2. The van der Waals surface area contributed by atoms with E-state index < -0.39 is 11.7 Å². The van der Waals surface area contributed by atoms with Gasteiger partial charge in [0.2, 0.25) is 5.95 Å². The molecule has 2 N–H and O–H groups in total. The van der Waals surface area contributed by atoms with Crippen molar-refractivity contribution >= 4 is 17.5 Å². The zero-order valence-corrected chi connectivity index (χ0v) is 15.9. The summed E-state index contributed by atoms with van der Waals surface area (Å²) in [7, 11) is 0. The second kappa shape index (κ2) is 7.37. The third kappa shape index (κ3) is 3.89. The van der Waals surface area contributed by atoms with E-state index in [1.165, 1.54) is 6.39 Å². The third-order valence-corrected chi connectivity index (χ3v) is 4.96. The zero-order chi connectivity index (χ0) is 20.6. The van der Waals surface area contributed by atoms with Crippen molar-refractivity contribution in [2.24, 2.45) is 0 Å². The Hall–Kier alpha value is -3.11. The normalized spacial score (nSPS) is 19.1. The van der Waals surface area contributed by atoms with Crippen molar-refractivity contribution in [1.82, 2.24) is 24.7 Å². The van der Waals surface area contributed by atoms with Gasteiger partial charge in [0, 0.05) is 24.9 Å². The second-order valence-corrected chi connectivity index (χ2v) is 6.95. The number of halogens is 3. The molecule has 1 aliphatic carbocycles. The number of aryl methyl sites for hydroxylation is 1. The smallest absolute Gasteiger partial charge is 0.421 e. The van der Waals surface area contributed by atoms with E-state index in [0.29, 0.717) is 23.8 Å². The van der Waals surface area contributed by atoms with Crippen LogP contribution < -0.4 is 10.6 Å². The first-order chi connectivity index (χ1) is 13.8. The van der Waals surface area contributed by atoms with Crippen LogP contribution in [0.3, 0.4) is 0 Å². The molecule has 1 saturated carbocycles. The molecule has 0 radical (unpaired) electrons. The summed E-state index contributed by atoms with van der Waals surface area (Å²) in [6, 6.07) is 0.233. The van der Waals surface area contributed by atoms with Gasteiger partial charge < -0.3 is 15.1 Å². The third-order valence-electron chi connectivity index (χ3n) is 4.96. The minimum absolute atomic E-state index is 0.0747. The summed E-state index contributed by atoms with van der Waals surface area (Å²) in [5.41, 5.74) is 1.41. The van der Waals surface area contributed by atoms with Gasteiger partial charge in [-0.3, -0.25) is 4.68 Å². The minimum Gasteiger partial charge on any atom is -0.451 e.